The molecule has 0 radical (unpaired) electrons. The van der Waals surface area contributed by atoms with Crippen LogP contribution in [0.1, 0.15) is 52.9 Å². The van der Waals surface area contributed by atoms with Crippen molar-refractivity contribution in [3.63, 3.8) is 0 Å². The molecule has 9 nitrogen and oxygen atoms in total. The first-order valence-corrected chi connectivity index (χ1v) is 12.8. The van der Waals surface area contributed by atoms with Gasteiger partial charge in [0.05, 0.1) is 18.5 Å². The molecule has 0 aromatic rings. The number of guanidine groups is 1. The van der Waals surface area contributed by atoms with Gasteiger partial charge in [0.2, 0.25) is 15.9 Å². The van der Waals surface area contributed by atoms with Crippen LogP contribution in [0.15, 0.2) is 4.99 Å². The largest absolute Gasteiger partial charge is 0.378 e. The minimum Gasteiger partial charge on any atom is -0.378 e. The Labute approximate surface area is 181 Å². The number of amides is 1. The molecule has 2 rings (SSSR count). The van der Waals surface area contributed by atoms with E-state index in [2.05, 4.69) is 15.6 Å². The number of carbonyl (C=O) groups is 1. The molecule has 1 saturated carbocycles. The van der Waals surface area contributed by atoms with E-state index in [4.69, 9.17) is 4.74 Å². The van der Waals surface area contributed by atoms with Gasteiger partial charge in [-0.15, -0.1) is 0 Å². The Bertz CT molecular complexity index is 654. The predicted octanol–water partition coefficient (Wildman–Crippen LogP) is 0.773. The summed E-state index contributed by atoms with van der Waals surface area (Å²) in [6, 6.07) is 0.275. The van der Waals surface area contributed by atoms with Crippen LogP contribution in [0, 0.1) is 0 Å². The summed E-state index contributed by atoms with van der Waals surface area (Å²) in [5.74, 6) is 0.612. The van der Waals surface area contributed by atoms with E-state index in [1.54, 1.807) is 0 Å². The van der Waals surface area contributed by atoms with Crippen molar-refractivity contribution in [2.75, 3.05) is 51.6 Å². The number of hydrogen-bond donors (Lipinski definition) is 2. The van der Waals surface area contributed by atoms with Crippen molar-refractivity contribution in [3.05, 3.63) is 0 Å². The fraction of sp³-hybridized carbons (Fsp3) is 0.900. The molecule has 30 heavy (non-hydrogen) atoms. The molecule has 1 aliphatic heterocycles. The quantitative estimate of drug-likeness (QED) is 0.401. The molecule has 1 amide bonds. The Morgan fingerprint density at radius 3 is 2.40 bits per heavy atom. The lowest BCUT2D eigenvalue weighted by Gasteiger charge is -2.35. The van der Waals surface area contributed by atoms with Crippen LogP contribution in [0.4, 0.5) is 0 Å². The summed E-state index contributed by atoms with van der Waals surface area (Å²) in [4.78, 5) is 18.8. The average Bonchev–Trinajstić information content (AvgIpc) is 2.71. The third-order valence-corrected chi connectivity index (χ3v) is 7.24. The van der Waals surface area contributed by atoms with Gasteiger partial charge in [0.1, 0.15) is 6.54 Å². The third-order valence-electron chi connectivity index (χ3n) is 5.40. The zero-order chi connectivity index (χ0) is 22.0. The van der Waals surface area contributed by atoms with Crippen molar-refractivity contribution >= 4 is 21.9 Å². The van der Waals surface area contributed by atoms with Gasteiger partial charge in [0.25, 0.3) is 0 Å². The molecule has 0 unspecified atom stereocenters. The number of hydrogen-bond acceptors (Lipinski definition) is 5. The highest BCUT2D eigenvalue weighted by molar-refractivity contribution is 7.89. The molecular formula is C20H39N5O4S. The van der Waals surface area contributed by atoms with Gasteiger partial charge in [-0.05, 0) is 33.6 Å². The van der Waals surface area contributed by atoms with E-state index in [0.29, 0.717) is 38.7 Å². The van der Waals surface area contributed by atoms with Crippen LogP contribution in [-0.4, -0.2) is 93.3 Å². The number of ether oxygens (including phenoxy) is 1. The number of sulfonamides is 1. The Morgan fingerprint density at radius 1 is 1.13 bits per heavy atom. The maximum Gasteiger partial charge on any atom is 0.242 e. The number of rotatable bonds is 9. The molecule has 0 aromatic heterocycles. The number of aliphatic imine (C=N–C) groups is 1. The summed E-state index contributed by atoms with van der Waals surface area (Å²) in [7, 11) is -3.33. The molecule has 0 bridgehead atoms. The van der Waals surface area contributed by atoms with Crippen LogP contribution in [-0.2, 0) is 19.6 Å². The highest BCUT2D eigenvalue weighted by atomic mass is 32.2. The summed E-state index contributed by atoms with van der Waals surface area (Å²) in [5.41, 5.74) is 0. The van der Waals surface area contributed by atoms with Gasteiger partial charge in [-0.25, -0.2) is 13.4 Å². The van der Waals surface area contributed by atoms with Crippen molar-refractivity contribution in [2.45, 2.75) is 65.0 Å². The van der Waals surface area contributed by atoms with Crippen LogP contribution in [0.25, 0.3) is 0 Å². The zero-order valence-corrected chi connectivity index (χ0v) is 19.5. The lowest BCUT2D eigenvalue weighted by molar-refractivity contribution is -0.120. The van der Waals surface area contributed by atoms with E-state index in [1.807, 2.05) is 25.7 Å². The predicted molar refractivity (Wildman–Crippen MR) is 119 cm³/mol. The van der Waals surface area contributed by atoms with Gasteiger partial charge < -0.3 is 20.3 Å². The first-order chi connectivity index (χ1) is 14.3. The molecule has 2 fully saturated rings. The minimum atomic E-state index is -3.33. The Kier molecular flexibility index (Phi) is 10.3. The van der Waals surface area contributed by atoms with Crippen LogP contribution < -0.4 is 10.6 Å². The Hall–Kier alpha value is -1.39. The van der Waals surface area contributed by atoms with Crippen molar-refractivity contribution in [1.82, 2.24) is 19.8 Å². The highest BCUT2D eigenvalue weighted by Crippen LogP contribution is 2.17. The van der Waals surface area contributed by atoms with Crippen LogP contribution >= 0.6 is 0 Å². The molecule has 0 atom stereocenters. The third kappa shape index (κ3) is 8.39. The number of nitrogens with zero attached hydrogens (tertiary/aromatic N) is 3. The second kappa shape index (κ2) is 12.5. The first-order valence-electron chi connectivity index (χ1n) is 11.2. The highest BCUT2D eigenvalue weighted by Gasteiger charge is 2.28. The summed E-state index contributed by atoms with van der Waals surface area (Å²) >= 11 is 0. The van der Waals surface area contributed by atoms with Crippen molar-refractivity contribution < 1.29 is 17.9 Å². The Morgan fingerprint density at radius 2 is 1.80 bits per heavy atom. The van der Waals surface area contributed by atoms with Crippen LogP contribution in [0.3, 0.4) is 0 Å². The summed E-state index contributed by atoms with van der Waals surface area (Å²) in [6.45, 7) is 8.64. The number of carbonyl (C=O) groups excluding carboxylic acids is 1. The van der Waals surface area contributed by atoms with E-state index in [1.165, 1.54) is 23.6 Å². The maximum absolute atomic E-state index is 12.5. The average molecular weight is 446 g/mol. The molecular weight excluding hydrogens is 406 g/mol. The molecule has 2 N–H and O–H groups in total. The van der Waals surface area contributed by atoms with Gasteiger partial charge in [-0.2, -0.15) is 4.31 Å². The molecule has 0 spiro atoms. The van der Waals surface area contributed by atoms with Crippen LogP contribution in [0.5, 0.6) is 0 Å². The normalized spacial score (nSPS) is 19.9. The summed E-state index contributed by atoms with van der Waals surface area (Å²) in [6.07, 6.45) is 5.72. The first kappa shape index (κ1) is 24.9. The topological polar surface area (TPSA) is 103 Å². The maximum atomic E-state index is 12.5. The Balaban J connectivity index is 1.83. The molecule has 10 heteroatoms. The fourth-order valence-corrected chi connectivity index (χ4v) is 5.07. The molecule has 1 aliphatic carbocycles. The molecule has 1 heterocycles. The van der Waals surface area contributed by atoms with E-state index < -0.39 is 10.0 Å². The molecule has 1 saturated heterocycles. The van der Waals surface area contributed by atoms with E-state index in [0.717, 1.165) is 12.8 Å². The monoisotopic (exact) mass is 445 g/mol. The summed E-state index contributed by atoms with van der Waals surface area (Å²) in [5, 5.41) is 6.30. The van der Waals surface area contributed by atoms with Gasteiger partial charge >= 0.3 is 0 Å². The second-order valence-corrected chi connectivity index (χ2v) is 10.3. The van der Waals surface area contributed by atoms with E-state index >= 15 is 0 Å². The second-order valence-electron chi connectivity index (χ2n) is 8.19. The van der Waals surface area contributed by atoms with Gasteiger partial charge in [0.15, 0.2) is 5.96 Å². The van der Waals surface area contributed by atoms with E-state index in [-0.39, 0.29) is 37.0 Å². The zero-order valence-electron chi connectivity index (χ0n) is 18.7. The smallest absolute Gasteiger partial charge is 0.242 e. The van der Waals surface area contributed by atoms with Crippen LogP contribution in [0.2, 0.25) is 0 Å². The molecule has 0 aromatic carbocycles. The molecule has 2 aliphatic rings. The van der Waals surface area contributed by atoms with Gasteiger partial charge in [-0.3, -0.25) is 4.79 Å². The fourth-order valence-electron chi connectivity index (χ4n) is 3.79. The standard InChI is InChI=1S/C20H39N5O4S/c1-4-21-20(22-16-19(26)23-18-8-6-5-7-9-18)24-10-12-25(13-11-24)30(27,28)15-14-29-17(2)3/h17-18H,4-16H2,1-3H3,(H,21,22)(H,23,26). The molecule has 174 valence electrons. The van der Waals surface area contributed by atoms with Crippen molar-refractivity contribution in [3.8, 4) is 0 Å². The number of nitrogens with one attached hydrogen (secondary N) is 2. The van der Waals surface area contributed by atoms with Crippen molar-refractivity contribution in [2.24, 2.45) is 4.99 Å². The SMILES string of the molecule is CCNC(=NCC(=O)NC1CCCCC1)N1CCN(S(=O)(=O)CCOC(C)C)CC1. The van der Waals surface area contributed by atoms with E-state index in [9.17, 15) is 13.2 Å². The minimum absolute atomic E-state index is 0.000669. The number of piperazine rings is 1. The van der Waals surface area contributed by atoms with Crippen molar-refractivity contribution in [1.29, 1.82) is 0 Å². The van der Waals surface area contributed by atoms with Gasteiger partial charge in [-0.1, -0.05) is 19.3 Å². The lowest BCUT2D eigenvalue weighted by atomic mass is 9.95. The summed E-state index contributed by atoms with van der Waals surface area (Å²) < 4.78 is 31.9. The van der Waals surface area contributed by atoms with Gasteiger partial charge in [0, 0.05) is 38.8 Å². The lowest BCUT2D eigenvalue weighted by Crippen LogP contribution is -2.54.